The van der Waals surface area contributed by atoms with Crippen LogP contribution in [0.2, 0.25) is 0 Å². The van der Waals surface area contributed by atoms with Gasteiger partial charge in [0.15, 0.2) is 0 Å². The number of nitrogens with two attached hydrogens (primary N) is 1. The molecule has 6 nitrogen and oxygen atoms in total. The molecule has 4 rings (SSSR count). The van der Waals surface area contributed by atoms with E-state index in [9.17, 15) is 10.2 Å². The minimum Gasteiger partial charge on any atom is -0.489 e. The van der Waals surface area contributed by atoms with Crippen molar-refractivity contribution in [3.63, 3.8) is 0 Å². The van der Waals surface area contributed by atoms with Gasteiger partial charge in [-0.1, -0.05) is 48.6 Å². The van der Waals surface area contributed by atoms with Crippen LogP contribution >= 0.6 is 0 Å². The van der Waals surface area contributed by atoms with Gasteiger partial charge in [0.1, 0.15) is 23.8 Å². The van der Waals surface area contributed by atoms with Crippen LogP contribution in [-0.4, -0.2) is 38.5 Å². The molecular weight excluding hydrogens is 378 g/mol. The number of hydrogen-bond acceptors (Lipinski definition) is 5. The number of hydrogen-bond donors (Lipinski definition) is 3. The minimum atomic E-state index is -0.695. The third-order valence-electron chi connectivity index (χ3n) is 5.29. The maximum absolute atomic E-state index is 9.83. The topological polar surface area (TPSA) is 93.5 Å². The molecule has 2 aromatic carbocycles. The van der Waals surface area contributed by atoms with Crippen LogP contribution < -0.4 is 10.5 Å². The van der Waals surface area contributed by atoms with E-state index in [1.807, 2.05) is 48.6 Å². The highest BCUT2D eigenvalue weighted by atomic mass is 16.5. The van der Waals surface area contributed by atoms with Crippen molar-refractivity contribution in [2.75, 3.05) is 6.61 Å². The third kappa shape index (κ3) is 4.62. The molecule has 156 valence electrons. The molecule has 30 heavy (non-hydrogen) atoms. The average Bonchev–Trinajstić information content (AvgIpc) is 3.24. The second-order valence-electron chi connectivity index (χ2n) is 7.68. The summed E-state index contributed by atoms with van der Waals surface area (Å²) < 4.78 is 7.57. The Hall–Kier alpha value is -2.93. The maximum atomic E-state index is 9.83. The van der Waals surface area contributed by atoms with Crippen LogP contribution in [0.5, 0.6) is 5.75 Å². The molecule has 1 aliphatic rings. The largest absolute Gasteiger partial charge is 0.489 e. The van der Waals surface area contributed by atoms with Gasteiger partial charge in [-0.05, 0) is 35.7 Å². The first-order valence-corrected chi connectivity index (χ1v) is 10.2. The van der Waals surface area contributed by atoms with Crippen molar-refractivity contribution in [2.45, 2.75) is 37.6 Å². The molecule has 2 unspecified atom stereocenters. The zero-order valence-electron chi connectivity index (χ0n) is 16.9. The van der Waals surface area contributed by atoms with Crippen molar-refractivity contribution >= 4 is 6.08 Å². The minimum absolute atomic E-state index is 0.0785. The molecule has 0 amide bonds. The maximum Gasteiger partial charge on any atom is 0.137 e. The number of nitrogens with zero attached hydrogens (tertiary/aromatic N) is 2. The van der Waals surface area contributed by atoms with Crippen LogP contribution in [-0.2, 0) is 0 Å². The number of aliphatic hydroxyl groups is 2. The number of benzene rings is 2. The average molecular weight is 405 g/mol. The van der Waals surface area contributed by atoms with Crippen molar-refractivity contribution in [3.05, 3.63) is 78.4 Å². The normalized spacial score (nSPS) is 20.3. The van der Waals surface area contributed by atoms with Crippen molar-refractivity contribution in [1.82, 2.24) is 9.55 Å². The fourth-order valence-electron chi connectivity index (χ4n) is 3.40. The van der Waals surface area contributed by atoms with Crippen molar-refractivity contribution < 1.29 is 14.9 Å². The summed E-state index contributed by atoms with van der Waals surface area (Å²) in [6, 6.07) is 16.1. The zero-order chi connectivity index (χ0) is 21.1. The van der Waals surface area contributed by atoms with E-state index in [1.165, 1.54) is 0 Å². The zero-order valence-corrected chi connectivity index (χ0v) is 16.9. The SMILES string of the molecule is CC(O)c1nccn1C(/C=C/c1ccc(-c2ccc(O[C@H]3C[C@@H]3N)cc2)cc1)CO. The molecule has 0 saturated heterocycles. The highest BCUT2D eigenvalue weighted by Gasteiger charge is 2.35. The van der Waals surface area contributed by atoms with Crippen LogP contribution in [0.1, 0.15) is 36.9 Å². The summed E-state index contributed by atoms with van der Waals surface area (Å²) in [5, 5.41) is 19.6. The van der Waals surface area contributed by atoms with Crippen LogP contribution in [0.4, 0.5) is 0 Å². The molecule has 6 heteroatoms. The smallest absolute Gasteiger partial charge is 0.137 e. The van der Waals surface area contributed by atoms with E-state index in [1.54, 1.807) is 23.9 Å². The van der Waals surface area contributed by atoms with Gasteiger partial charge in [0.25, 0.3) is 0 Å². The monoisotopic (exact) mass is 405 g/mol. The summed E-state index contributed by atoms with van der Waals surface area (Å²) in [6.07, 6.45) is 7.66. The van der Waals surface area contributed by atoms with E-state index in [0.717, 1.165) is 28.9 Å². The molecule has 1 heterocycles. The first kappa shape index (κ1) is 20.3. The van der Waals surface area contributed by atoms with Gasteiger partial charge in [0.2, 0.25) is 0 Å². The van der Waals surface area contributed by atoms with E-state index in [-0.39, 0.29) is 24.8 Å². The molecule has 0 spiro atoms. The molecule has 1 aliphatic carbocycles. The van der Waals surface area contributed by atoms with Gasteiger partial charge in [0.05, 0.1) is 12.6 Å². The molecule has 3 aromatic rings. The molecule has 0 radical (unpaired) electrons. The first-order chi connectivity index (χ1) is 14.5. The number of imidazole rings is 1. The lowest BCUT2D eigenvalue weighted by Gasteiger charge is -2.16. The van der Waals surface area contributed by atoms with Gasteiger partial charge < -0.3 is 25.3 Å². The van der Waals surface area contributed by atoms with Crippen LogP contribution in [0.15, 0.2) is 67.0 Å². The second-order valence-corrected chi connectivity index (χ2v) is 7.68. The molecular formula is C24H27N3O3. The number of rotatable bonds is 8. The van der Waals surface area contributed by atoms with Gasteiger partial charge in [-0.25, -0.2) is 4.98 Å². The molecule has 4 atom stereocenters. The number of ether oxygens (including phenoxy) is 1. The van der Waals surface area contributed by atoms with E-state index in [0.29, 0.717) is 5.82 Å². The Morgan fingerprint density at radius 2 is 1.80 bits per heavy atom. The third-order valence-corrected chi connectivity index (χ3v) is 5.29. The van der Waals surface area contributed by atoms with E-state index in [4.69, 9.17) is 10.5 Å². The van der Waals surface area contributed by atoms with Crippen molar-refractivity contribution in [1.29, 1.82) is 0 Å². The Balaban J connectivity index is 1.43. The lowest BCUT2D eigenvalue weighted by Crippen LogP contribution is -2.14. The number of aliphatic hydroxyl groups excluding tert-OH is 2. The summed E-state index contributed by atoms with van der Waals surface area (Å²) in [6.45, 7) is 1.58. The van der Waals surface area contributed by atoms with Crippen molar-refractivity contribution in [2.24, 2.45) is 5.73 Å². The van der Waals surface area contributed by atoms with Crippen LogP contribution in [0.25, 0.3) is 17.2 Å². The van der Waals surface area contributed by atoms with Gasteiger partial charge in [-0.2, -0.15) is 0 Å². The molecule has 1 aromatic heterocycles. The molecule has 0 aliphatic heterocycles. The van der Waals surface area contributed by atoms with Gasteiger partial charge in [-0.15, -0.1) is 0 Å². The van der Waals surface area contributed by atoms with E-state index < -0.39 is 6.10 Å². The molecule has 4 N–H and O–H groups in total. The predicted molar refractivity (Wildman–Crippen MR) is 117 cm³/mol. The van der Waals surface area contributed by atoms with Gasteiger partial charge in [-0.3, -0.25) is 0 Å². The Kier molecular flexibility index (Phi) is 5.99. The summed E-state index contributed by atoms with van der Waals surface area (Å²) in [7, 11) is 0. The fraction of sp³-hybridized carbons (Fsp3) is 0.292. The highest BCUT2D eigenvalue weighted by molar-refractivity contribution is 5.66. The Bertz CT molecular complexity index is 993. The quantitative estimate of drug-likeness (QED) is 0.534. The van der Waals surface area contributed by atoms with E-state index >= 15 is 0 Å². The summed E-state index contributed by atoms with van der Waals surface area (Å²) in [5.74, 6) is 1.38. The predicted octanol–water partition coefficient (Wildman–Crippen LogP) is 3.33. The summed E-state index contributed by atoms with van der Waals surface area (Å²) in [5.41, 5.74) is 9.05. The van der Waals surface area contributed by atoms with Crippen LogP contribution in [0, 0.1) is 0 Å². The van der Waals surface area contributed by atoms with Gasteiger partial charge >= 0.3 is 0 Å². The summed E-state index contributed by atoms with van der Waals surface area (Å²) >= 11 is 0. The van der Waals surface area contributed by atoms with Crippen molar-refractivity contribution in [3.8, 4) is 16.9 Å². The standard InChI is InChI=1S/C24H27N3O3/c1-16(29)24-26-12-13-27(24)20(15-28)9-4-17-2-5-18(6-3-17)19-7-10-21(11-8-19)30-23-14-22(23)25/h2-13,16,20,22-23,28-29H,14-15,25H2,1H3/b9-4+/t16?,20?,22-,23-/m0/s1. The Labute approximate surface area is 176 Å². The fourth-order valence-corrected chi connectivity index (χ4v) is 3.40. The first-order valence-electron chi connectivity index (χ1n) is 10.2. The lowest BCUT2D eigenvalue weighted by molar-refractivity contribution is 0.175. The summed E-state index contributed by atoms with van der Waals surface area (Å²) in [4.78, 5) is 4.17. The Morgan fingerprint density at radius 1 is 1.17 bits per heavy atom. The molecule has 1 saturated carbocycles. The number of aromatic nitrogens is 2. The molecule has 0 bridgehead atoms. The lowest BCUT2D eigenvalue weighted by atomic mass is 10.0. The van der Waals surface area contributed by atoms with Gasteiger partial charge in [0, 0.05) is 24.9 Å². The van der Waals surface area contributed by atoms with E-state index in [2.05, 4.69) is 17.1 Å². The van der Waals surface area contributed by atoms with Crippen LogP contribution in [0.3, 0.4) is 0 Å². The second kappa shape index (κ2) is 8.83. The molecule has 1 fully saturated rings. The highest BCUT2D eigenvalue weighted by Crippen LogP contribution is 2.28. The Morgan fingerprint density at radius 3 is 2.37 bits per heavy atom.